The zero-order valence-corrected chi connectivity index (χ0v) is 18.9. The van der Waals surface area contributed by atoms with Gasteiger partial charge in [0.1, 0.15) is 0 Å². The summed E-state index contributed by atoms with van der Waals surface area (Å²) >= 11 is 7.73. The third-order valence-corrected chi connectivity index (χ3v) is 6.27. The van der Waals surface area contributed by atoms with Gasteiger partial charge in [-0.15, -0.1) is 11.3 Å². The Kier molecular flexibility index (Phi) is 6.89. The van der Waals surface area contributed by atoms with Crippen LogP contribution in [-0.4, -0.2) is 31.5 Å². The number of hydrogen-bond donors (Lipinski definition) is 2. The number of aromatic nitrogens is 1. The molecule has 0 bridgehead atoms. The molecule has 0 saturated heterocycles. The summed E-state index contributed by atoms with van der Waals surface area (Å²) in [4.78, 5) is 28.9. The molecule has 2 N–H and O–H groups in total. The fourth-order valence-corrected chi connectivity index (χ4v) is 4.03. The summed E-state index contributed by atoms with van der Waals surface area (Å²) in [6, 6.07) is 10.3. The normalized spacial score (nSPS) is 11.5. The van der Waals surface area contributed by atoms with E-state index in [2.05, 4.69) is 15.6 Å². The van der Waals surface area contributed by atoms with E-state index in [-0.39, 0.29) is 21.4 Å². The smallest absolute Gasteiger partial charge is 0.255 e. The molecule has 3 aromatic rings. The predicted octanol–water partition coefficient (Wildman–Crippen LogP) is 4.41. The number of aryl methyl sites for hydroxylation is 1. The Morgan fingerprint density at radius 2 is 1.90 bits per heavy atom. The summed E-state index contributed by atoms with van der Waals surface area (Å²) in [5, 5.41) is 8.29. The van der Waals surface area contributed by atoms with E-state index in [9.17, 15) is 18.0 Å². The summed E-state index contributed by atoms with van der Waals surface area (Å²) in [6.07, 6.45) is 4.05. The third-order valence-electron chi connectivity index (χ3n) is 4.05. The second-order valence-corrected chi connectivity index (χ2v) is 10.0. The Hall–Kier alpha value is -3.01. The Balaban J connectivity index is 1.67. The minimum absolute atomic E-state index is 0.0465. The number of benzene rings is 2. The number of carbonyl (C=O) groups excluding carboxylic acids is 2. The van der Waals surface area contributed by atoms with Gasteiger partial charge in [-0.2, -0.15) is 0 Å². The fourth-order valence-electron chi connectivity index (χ4n) is 2.56. The Morgan fingerprint density at radius 3 is 2.55 bits per heavy atom. The van der Waals surface area contributed by atoms with Crippen molar-refractivity contribution in [3.8, 4) is 0 Å². The fraction of sp³-hybridized carbons (Fsp3) is 0.0952. The molecule has 31 heavy (non-hydrogen) atoms. The van der Waals surface area contributed by atoms with Gasteiger partial charge < -0.3 is 10.6 Å². The molecule has 160 valence electrons. The lowest BCUT2D eigenvalue weighted by Gasteiger charge is -2.10. The molecule has 0 unspecified atom stereocenters. The highest BCUT2D eigenvalue weighted by atomic mass is 35.5. The molecular formula is C21H18ClN3O4S2. The van der Waals surface area contributed by atoms with Gasteiger partial charge in [-0.1, -0.05) is 17.7 Å². The number of anilines is 2. The van der Waals surface area contributed by atoms with Crippen molar-refractivity contribution in [3.63, 3.8) is 0 Å². The second kappa shape index (κ2) is 9.42. The van der Waals surface area contributed by atoms with Gasteiger partial charge in [-0.3, -0.25) is 9.59 Å². The maximum Gasteiger partial charge on any atom is 0.255 e. The van der Waals surface area contributed by atoms with Crippen molar-refractivity contribution in [2.45, 2.75) is 11.8 Å². The molecule has 0 fully saturated rings. The van der Waals surface area contributed by atoms with E-state index in [4.69, 9.17) is 11.6 Å². The molecule has 0 spiro atoms. The SMILES string of the molecule is Cc1nc(/C=C/C(=O)Nc2ccc(NC(=O)c3cccc(S(C)(=O)=O)c3)c(Cl)c2)cs1. The van der Waals surface area contributed by atoms with Gasteiger partial charge in [0.25, 0.3) is 5.91 Å². The average molecular weight is 476 g/mol. The number of nitrogens with zero attached hydrogens (tertiary/aromatic N) is 1. The molecule has 3 rings (SSSR count). The lowest BCUT2D eigenvalue weighted by molar-refractivity contribution is -0.111. The highest BCUT2D eigenvalue weighted by Crippen LogP contribution is 2.26. The lowest BCUT2D eigenvalue weighted by Crippen LogP contribution is -2.13. The molecule has 2 amide bonds. The van der Waals surface area contributed by atoms with Crippen LogP contribution in [0.2, 0.25) is 5.02 Å². The van der Waals surface area contributed by atoms with Crippen molar-refractivity contribution in [2.24, 2.45) is 0 Å². The summed E-state index contributed by atoms with van der Waals surface area (Å²) in [6.45, 7) is 1.88. The number of hydrogen-bond acceptors (Lipinski definition) is 6. The van der Waals surface area contributed by atoms with Crippen LogP contribution in [0.25, 0.3) is 6.08 Å². The van der Waals surface area contributed by atoms with E-state index in [1.54, 1.807) is 18.2 Å². The number of halogens is 1. The van der Waals surface area contributed by atoms with Crippen molar-refractivity contribution in [1.82, 2.24) is 4.98 Å². The van der Waals surface area contributed by atoms with E-state index in [0.717, 1.165) is 11.3 Å². The average Bonchev–Trinajstić information content (AvgIpc) is 3.13. The first-order chi connectivity index (χ1) is 14.6. The summed E-state index contributed by atoms with van der Waals surface area (Å²) in [7, 11) is -3.43. The highest BCUT2D eigenvalue weighted by Gasteiger charge is 2.13. The van der Waals surface area contributed by atoms with E-state index in [1.165, 1.54) is 47.7 Å². The maximum absolute atomic E-state index is 12.5. The van der Waals surface area contributed by atoms with Gasteiger partial charge in [0.15, 0.2) is 9.84 Å². The van der Waals surface area contributed by atoms with Gasteiger partial charge in [-0.25, -0.2) is 13.4 Å². The number of nitrogens with one attached hydrogen (secondary N) is 2. The Bertz CT molecular complexity index is 1280. The molecule has 0 aliphatic heterocycles. The van der Waals surface area contributed by atoms with Crippen LogP contribution in [0.5, 0.6) is 0 Å². The molecule has 0 atom stereocenters. The van der Waals surface area contributed by atoms with E-state index in [1.807, 2.05) is 12.3 Å². The first kappa shape index (κ1) is 22.7. The zero-order valence-electron chi connectivity index (χ0n) is 16.5. The van der Waals surface area contributed by atoms with Crippen molar-refractivity contribution in [3.05, 3.63) is 75.2 Å². The quantitative estimate of drug-likeness (QED) is 0.513. The van der Waals surface area contributed by atoms with Crippen LogP contribution in [0, 0.1) is 6.92 Å². The lowest BCUT2D eigenvalue weighted by atomic mass is 10.2. The van der Waals surface area contributed by atoms with Gasteiger partial charge >= 0.3 is 0 Å². The van der Waals surface area contributed by atoms with Crippen LogP contribution >= 0.6 is 22.9 Å². The van der Waals surface area contributed by atoms with Crippen LogP contribution in [0.4, 0.5) is 11.4 Å². The van der Waals surface area contributed by atoms with Crippen molar-refractivity contribution >= 4 is 62.0 Å². The number of amides is 2. The molecule has 0 radical (unpaired) electrons. The standard InChI is InChI=1S/C21H18ClN3O4S2/c1-13-23-16(12-30-13)7-9-20(26)24-15-6-8-19(18(22)11-15)25-21(27)14-4-3-5-17(10-14)31(2,28)29/h3-12H,1-2H3,(H,24,26)(H,25,27)/b9-7+. The second-order valence-electron chi connectivity index (χ2n) is 6.56. The third kappa shape index (κ3) is 6.24. The van der Waals surface area contributed by atoms with Crippen LogP contribution in [0.15, 0.2) is 58.8 Å². The molecule has 1 heterocycles. The van der Waals surface area contributed by atoms with Gasteiger partial charge in [0, 0.05) is 29.0 Å². The van der Waals surface area contributed by atoms with E-state index >= 15 is 0 Å². The first-order valence-corrected chi connectivity index (χ1v) is 12.1. The van der Waals surface area contributed by atoms with Gasteiger partial charge in [-0.05, 0) is 49.4 Å². The van der Waals surface area contributed by atoms with Crippen LogP contribution in [0.3, 0.4) is 0 Å². The van der Waals surface area contributed by atoms with Crippen molar-refractivity contribution in [1.29, 1.82) is 0 Å². The first-order valence-electron chi connectivity index (χ1n) is 8.94. The molecule has 10 heteroatoms. The van der Waals surface area contributed by atoms with Crippen LogP contribution in [0.1, 0.15) is 21.1 Å². The van der Waals surface area contributed by atoms with Crippen LogP contribution in [-0.2, 0) is 14.6 Å². The topological polar surface area (TPSA) is 105 Å². The number of sulfone groups is 1. The van der Waals surface area contributed by atoms with Crippen LogP contribution < -0.4 is 10.6 Å². The monoisotopic (exact) mass is 475 g/mol. The summed E-state index contributed by atoms with van der Waals surface area (Å²) in [5.74, 6) is -0.859. The van der Waals surface area contributed by atoms with Gasteiger partial charge in [0.2, 0.25) is 5.91 Å². The minimum Gasteiger partial charge on any atom is -0.322 e. The summed E-state index contributed by atoms with van der Waals surface area (Å²) < 4.78 is 23.4. The number of carbonyl (C=O) groups is 2. The number of rotatable bonds is 6. The molecular weight excluding hydrogens is 458 g/mol. The van der Waals surface area contributed by atoms with Crippen molar-refractivity contribution < 1.29 is 18.0 Å². The van der Waals surface area contributed by atoms with E-state index in [0.29, 0.717) is 17.1 Å². The predicted molar refractivity (Wildman–Crippen MR) is 123 cm³/mol. The van der Waals surface area contributed by atoms with Crippen molar-refractivity contribution in [2.75, 3.05) is 16.9 Å². The van der Waals surface area contributed by atoms with Gasteiger partial charge in [0.05, 0.1) is 26.3 Å². The zero-order chi connectivity index (χ0) is 22.6. The highest BCUT2D eigenvalue weighted by molar-refractivity contribution is 7.90. The molecule has 2 aromatic carbocycles. The molecule has 1 aromatic heterocycles. The summed E-state index contributed by atoms with van der Waals surface area (Å²) in [5.41, 5.74) is 1.65. The Labute approximate surface area is 188 Å². The maximum atomic E-state index is 12.5. The number of thiazole rings is 1. The molecule has 7 nitrogen and oxygen atoms in total. The molecule has 0 aliphatic rings. The Morgan fingerprint density at radius 1 is 1.13 bits per heavy atom. The minimum atomic E-state index is -3.43. The van der Waals surface area contributed by atoms with E-state index < -0.39 is 15.7 Å². The molecule has 0 aliphatic carbocycles. The molecule has 0 saturated carbocycles. The largest absolute Gasteiger partial charge is 0.322 e.